The molecule has 1 unspecified atom stereocenters. The predicted molar refractivity (Wildman–Crippen MR) is 120 cm³/mol. The van der Waals surface area contributed by atoms with Crippen molar-refractivity contribution in [2.75, 3.05) is 31.6 Å². The van der Waals surface area contributed by atoms with Gasteiger partial charge in [-0.15, -0.1) is 0 Å². The maximum Gasteiger partial charge on any atom is 0.417 e. The molecule has 2 amide bonds. The average Bonchev–Trinajstić information content (AvgIpc) is 3.25. The molecule has 2 N–H and O–H groups in total. The van der Waals surface area contributed by atoms with E-state index in [0.29, 0.717) is 0 Å². The first-order chi connectivity index (χ1) is 16.2. The van der Waals surface area contributed by atoms with Crippen molar-refractivity contribution in [1.29, 1.82) is 5.26 Å². The molecule has 2 heterocycles. The zero-order valence-corrected chi connectivity index (χ0v) is 18.3. The topological polar surface area (TPSA) is 92.2 Å². The number of nitrogens with one attached hydrogen (secondary N) is 2. The zero-order chi connectivity index (χ0) is 24.5. The number of aromatic amines is 1. The van der Waals surface area contributed by atoms with E-state index in [1.165, 1.54) is 13.1 Å². The Labute approximate surface area is 193 Å². The monoisotopic (exact) mass is 469 g/mol. The summed E-state index contributed by atoms with van der Waals surface area (Å²) < 4.78 is 40.4. The molecule has 1 aliphatic rings. The lowest BCUT2D eigenvalue weighted by atomic mass is 10.0. The van der Waals surface area contributed by atoms with Crippen LogP contribution in [0.4, 0.5) is 18.9 Å². The summed E-state index contributed by atoms with van der Waals surface area (Å²) in [5.74, 6) is -0.586. The molecule has 10 heteroatoms. The minimum Gasteiger partial charge on any atom is -0.361 e. The fourth-order valence-corrected chi connectivity index (χ4v) is 4.31. The minimum atomic E-state index is -4.71. The van der Waals surface area contributed by atoms with Crippen LogP contribution >= 0.6 is 0 Å². The molecule has 1 fully saturated rings. The number of hydrogen-bond acceptors (Lipinski definition) is 4. The fraction of sp³-hybridized carbons (Fsp3) is 0.292. The van der Waals surface area contributed by atoms with E-state index in [0.717, 1.165) is 28.6 Å². The summed E-state index contributed by atoms with van der Waals surface area (Å²) in [5, 5.41) is 12.5. The van der Waals surface area contributed by atoms with Gasteiger partial charge in [0.2, 0.25) is 11.8 Å². The second-order valence-corrected chi connectivity index (χ2v) is 8.04. The van der Waals surface area contributed by atoms with Crippen molar-refractivity contribution in [2.24, 2.45) is 0 Å². The van der Waals surface area contributed by atoms with Crippen LogP contribution in [0.1, 0.15) is 16.7 Å². The third-order valence-corrected chi connectivity index (χ3v) is 6.06. The number of halogens is 3. The van der Waals surface area contributed by atoms with Gasteiger partial charge in [-0.05, 0) is 29.8 Å². The lowest BCUT2D eigenvalue weighted by molar-refractivity contribution is -0.137. The Bertz CT molecular complexity index is 1280. The van der Waals surface area contributed by atoms with Crippen LogP contribution in [-0.2, 0) is 22.2 Å². The number of para-hydroxylation sites is 1. The van der Waals surface area contributed by atoms with Gasteiger partial charge in [0.15, 0.2) is 0 Å². The molecule has 0 saturated carbocycles. The number of amides is 2. The SMILES string of the molecule is CNC(=O)C1CN(C(=O)Cc2c[nH]c3ccccc23)CCN1c1ccc(C#N)c(C(F)(F)F)c1. The number of aromatic nitrogens is 1. The van der Waals surface area contributed by atoms with Crippen LogP contribution in [0.15, 0.2) is 48.7 Å². The van der Waals surface area contributed by atoms with Gasteiger partial charge in [-0.1, -0.05) is 18.2 Å². The summed E-state index contributed by atoms with van der Waals surface area (Å²) in [6.45, 7) is 0.444. The molecule has 1 aromatic heterocycles. The normalized spacial score (nSPS) is 16.4. The van der Waals surface area contributed by atoms with E-state index >= 15 is 0 Å². The highest BCUT2D eigenvalue weighted by Crippen LogP contribution is 2.35. The van der Waals surface area contributed by atoms with E-state index in [1.54, 1.807) is 22.1 Å². The van der Waals surface area contributed by atoms with Gasteiger partial charge in [0.25, 0.3) is 0 Å². The Morgan fingerprint density at radius 1 is 1.21 bits per heavy atom. The van der Waals surface area contributed by atoms with Crippen LogP contribution < -0.4 is 10.2 Å². The molecular weight excluding hydrogens is 447 g/mol. The highest BCUT2D eigenvalue weighted by atomic mass is 19.4. The standard InChI is InChI=1S/C24H22F3N5O2/c1-29-23(34)21-14-31(22(33)10-16-13-30-20-5-3-2-4-18(16)20)8-9-32(21)17-7-6-15(12-28)19(11-17)24(25,26)27/h2-7,11,13,21,30H,8-10,14H2,1H3,(H,29,34). The molecule has 0 spiro atoms. The molecule has 1 aliphatic heterocycles. The van der Waals surface area contributed by atoms with Crippen LogP contribution in [0, 0.1) is 11.3 Å². The fourth-order valence-electron chi connectivity index (χ4n) is 4.31. The Balaban J connectivity index is 1.57. The number of alkyl halides is 3. The number of nitriles is 1. The van der Waals surface area contributed by atoms with Crippen molar-refractivity contribution < 1.29 is 22.8 Å². The van der Waals surface area contributed by atoms with Crippen molar-refractivity contribution in [3.05, 3.63) is 65.4 Å². The van der Waals surface area contributed by atoms with Gasteiger partial charge in [0.1, 0.15) is 6.04 Å². The van der Waals surface area contributed by atoms with Crippen LogP contribution in [0.2, 0.25) is 0 Å². The first-order valence-corrected chi connectivity index (χ1v) is 10.6. The maximum absolute atomic E-state index is 13.5. The van der Waals surface area contributed by atoms with E-state index in [1.807, 2.05) is 24.3 Å². The number of benzene rings is 2. The van der Waals surface area contributed by atoms with Gasteiger partial charge >= 0.3 is 6.18 Å². The number of hydrogen-bond donors (Lipinski definition) is 2. The van der Waals surface area contributed by atoms with E-state index in [4.69, 9.17) is 5.26 Å². The number of piperazine rings is 1. The van der Waals surface area contributed by atoms with Gasteiger partial charge in [0, 0.05) is 42.9 Å². The van der Waals surface area contributed by atoms with Gasteiger partial charge in [-0.2, -0.15) is 18.4 Å². The van der Waals surface area contributed by atoms with Crippen LogP contribution in [-0.4, -0.2) is 54.4 Å². The van der Waals surface area contributed by atoms with Crippen LogP contribution in [0.5, 0.6) is 0 Å². The van der Waals surface area contributed by atoms with E-state index in [9.17, 15) is 22.8 Å². The highest BCUT2D eigenvalue weighted by Gasteiger charge is 2.37. The second kappa shape index (κ2) is 9.09. The number of rotatable bonds is 4. The van der Waals surface area contributed by atoms with Crippen LogP contribution in [0.25, 0.3) is 10.9 Å². The minimum absolute atomic E-state index is 0.0300. The Kier molecular flexibility index (Phi) is 6.20. The van der Waals surface area contributed by atoms with Gasteiger partial charge < -0.3 is 20.1 Å². The van der Waals surface area contributed by atoms with Crippen molar-refractivity contribution in [3.8, 4) is 6.07 Å². The smallest absolute Gasteiger partial charge is 0.361 e. The first-order valence-electron chi connectivity index (χ1n) is 10.6. The number of fused-ring (bicyclic) bond motifs is 1. The second-order valence-electron chi connectivity index (χ2n) is 8.04. The van der Waals surface area contributed by atoms with Crippen molar-refractivity contribution in [1.82, 2.24) is 15.2 Å². The molecule has 0 bridgehead atoms. The van der Waals surface area contributed by atoms with E-state index < -0.39 is 29.3 Å². The van der Waals surface area contributed by atoms with Crippen molar-refractivity contribution >= 4 is 28.4 Å². The van der Waals surface area contributed by atoms with E-state index in [2.05, 4.69) is 10.3 Å². The molecule has 7 nitrogen and oxygen atoms in total. The summed E-state index contributed by atoms with van der Waals surface area (Å²) in [4.78, 5) is 31.9. The quantitative estimate of drug-likeness (QED) is 0.615. The molecule has 4 rings (SSSR count). The lowest BCUT2D eigenvalue weighted by Gasteiger charge is -2.42. The number of nitrogens with zero attached hydrogens (tertiary/aromatic N) is 3. The van der Waals surface area contributed by atoms with Crippen LogP contribution in [0.3, 0.4) is 0 Å². The maximum atomic E-state index is 13.5. The van der Waals surface area contributed by atoms with E-state index in [-0.39, 0.29) is 37.6 Å². The molecular formula is C24H22F3N5O2. The molecule has 0 aliphatic carbocycles. The zero-order valence-electron chi connectivity index (χ0n) is 18.3. The van der Waals surface area contributed by atoms with Crippen molar-refractivity contribution in [2.45, 2.75) is 18.6 Å². The van der Waals surface area contributed by atoms with Crippen molar-refractivity contribution in [3.63, 3.8) is 0 Å². The molecule has 3 aromatic rings. The Morgan fingerprint density at radius 3 is 2.68 bits per heavy atom. The highest BCUT2D eigenvalue weighted by molar-refractivity contribution is 5.90. The summed E-state index contributed by atoms with van der Waals surface area (Å²) >= 11 is 0. The Morgan fingerprint density at radius 2 is 1.97 bits per heavy atom. The predicted octanol–water partition coefficient (Wildman–Crippen LogP) is 3.06. The molecule has 0 radical (unpaired) electrons. The summed E-state index contributed by atoms with van der Waals surface area (Å²) in [6, 6.07) is 11.7. The number of H-pyrrole nitrogens is 1. The number of likely N-dealkylation sites (N-methyl/N-ethyl adjacent to an activating group) is 1. The molecule has 2 aromatic carbocycles. The summed E-state index contributed by atoms with van der Waals surface area (Å²) in [6.07, 6.45) is -2.79. The van der Waals surface area contributed by atoms with Gasteiger partial charge in [0.05, 0.1) is 30.2 Å². The van der Waals surface area contributed by atoms with Gasteiger partial charge in [-0.25, -0.2) is 0 Å². The third-order valence-electron chi connectivity index (χ3n) is 6.06. The largest absolute Gasteiger partial charge is 0.417 e. The summed E-state index contributed by atoms with van der Waals surface area (Å²) in [7, 11) is 1.44. The molecule has 1 atom stereocenters. The Hall–Kier alpha value is -4.00. The number of anilines is 1. The molecule has 176 valence electrons. The first kappa shape index (κ1) is 23.2. The third kappa shape index (κ3) is 4.41. The number of carbonyl (C=O) groups is 2. The number of carbonyl (C=O) groups excluding carboxylic acids is 2. The van der Waals surface area contributed by atoms with Gasteiger partial charge in [-0.3, -0.25) is 9.59 Å². The lowest BCUT2D eigenvalue weighted by Crippen LogP contribution is -2.60. The molecule has 34 heavy (non-hydrogen) atoms. The molecule has 1 saturated heterocycles. The average molecular weight is 469 g/mol. The summed E-state index contributed by atoms with van der Waals surface area (Å²) in [5.41, 5.74) is 0.381.